The SMILES string of the molecule is Nc1ccncc1S(=O)(=O)NCc1cnc[nH]1. The molecule has 0 amide bonds. The van der Waals surface area contributed by atoms with Crippen LogP contribution in [0.2, 0.25) is 0 Å². The zero-order valence-electron chi connectivity index (χ0n) is 8.79. The van der Waals surface area contributed by atoms with Crippen LogP contribution in [0.1, 0.15) is 5.69 Å². The number of nitrogen functional groups attached to an aromatic ring is 1. The lowest BCUT2D eigenvalue weighted by Gasteiger charge is -2.07. The van der Waals surface area contributed by atoms with Crippen molar-refractivity contribution in [3.63, 3.8) is 0 Å². The highest BCUT2D eigenvalue weighted by molar-refractivity contribution is 7.89. The van der Waals surface area contributed by atoms with Crippen molar-refractivity contribution in [1.29, 1.82) is 0 Å². The molecule has 0 saturated heterocycles. The van der Waals surface area contributed by atoms with Crippen LogP contribution in [0.15, 0.2) is 35.9 Å². The molecule has 2 heterocycles. The number of nitrogens with two attached hydrogens (primary N) is 1. The number of hydrogen-bond donors (Lipinski definition) is 3. The third kappa shape index (κ3) is 2.60. The van der Waals surface area contributed by atoms with Gasteiger partial charge >= 0.3 is 0 Å². The van der Waals surface area contributed by atoms with E-state index in [1.165, 1.54) is 31.0 Å². The molecular formula is C9H11N5O2S. The van der Waals surface area contributed by atoms with Crippen LogP contribution in [0.5, 0.6) is 0 Å². The highest BCUT2D eigenvalue weighted by Gasteiger charge is 2.17. The number of aromatic amines is 1. The highest BCUT2D eigenvalue weighted by Crippen LogP contribution is 2.15. The molecule has 0 aliphatic carbocycles. The number of pyridine rings is 1. The zero-order valence-corrected chi connectivity index (χ0v) is 9.61. The number of nitrogens with zero attached hydrogens (tertiary/aromatic N) is 2. The van der Waals surface area contributed by atoms with Crippen molar-refractivity contribution < 1.29 is 8.42 Å². The molecule has 0 unspecified atom stereocenters. The van der Waals surface area contributed by atoms with Crippen LogP contribution in [0.3, 0.4) is 0 Å². The van der Waals surface area contributed by atoms with Crippen LogP contribution in [-0.4, -0.2) is 23.4 Å². The summed E-state index contributed by atoms with van der Waals surface area (Å²) in [4.78, 5) is 10.3. The van der Waals surface area contributed by atoms with Crippen molar-refractivity contribution >= 4 is 15.7 Å². The van der Waals surface area contributed by atoms with E-state index in [4.69, 9.17) is 5.73 Å². The van der Waals surface area contributed by atoms with Crippen LogP contribution in [0, 0.1) is 0 Å². The number of imidazole rings is 1. The normalized spacial score (nSPS) is 11.5. The second-order valence-corrected chi connectivity index (χ2v) is 5.05. The van der Waals surface area contributed by atoms with Crippen LogP contribution in [0.4, 0.5) is 5.69 Å². The number of rotatable bonds is 4. The Balaban J connectivity index is 2.17. The molecule has 17 heavy (non-hydrogen) atoms. The van der Waals surface area contributed by atoms with E-state index in [0.29, 0.717) is 5.69 Å². The molecule has 2 aromatic heterocycles. The minimum Gasteiger partial charge on any atom is -0.398 e. The molecule has 8 heteroatoms. The Morgan fingerprint density at radius 2 is 2.18 bits per heavy atom. The van der Waals surface area contributed by atoms with Gasteiger partial charge in [0.1, 0.15) is 4.90 Å². The maximum absolute atomic E-state index is 11.9. The van der Waals surface area contributed by atoms with E-state index < -0.39 is 10.0 Å². The van der Waals surface area contributed by atoms with Crippen molar-refractivity contribution in [2.45, 2.75) is 11.4 Å². The summed E-state index contributed by atoms with van der Waals surface area (Å²) in [6, 6.07) is 1.44. The van der Waals surface area contributed by atoms with Gasteiger partial charge in [-0.3, -0.25) is 4.98 Å². The minimum absolute atomic E-state index is 0.0282. The maximum Gasteiger partial charge on any atom is 0.244 e. The van der Waals surface area contributed by atoms with Gasteiger partial charge in [-0.1, -0.05) is 0 Å². The first-order valence-corrected chi connectivity index (χ1v) is 6.24. The second-order valence-electron chi connectivity index (χ2n) is 3.31. The molecule has 0 radical (unpaired) electrons. The Labute approximate surface area is 98.2 Å². The lowest BCUT2D eigenvalue weighted by molar-refractivity contribution is 0.580. The van der Waals surface area contributed by atoms with E-state index in [0.717, 1.165) is 0 Å². The number of hydrogen-bond acceptors (Lipinski definition) is 5. The van der Waals surface area contributed by atoms with Crippen molar-refractivity contribution in [3.8, 4) is 0 Å². The van der Waals surface area contributed by atoms with Gasteiger partial charge < -0.3 is 10.7 Å². The van der Waals surface area contributed by atoms with Gasteiger partial charge in [0.2, 0.25) is 10.0 Å². The molecular weight excluding hydrogens is 242 g/mol. The third-order valence-electron chi connectivity index (χ3n) is 2.11. The molecule has 0 atom stereocenters. The molecule has 0 fully saturated rings. The van der Waals surface area contributed by atoms with Gasteiger partial charge in [0.25, 0.3) is 0 Å². The number of aromatic nitrogens is 3. The first-order valence-electron chi connectivity index (χ1n) is 4.76. The first kappa shape index (κ1) is 11.6. The predicted molar refractivity (Wildman–Crippen MR) is 61.3 cm³/mol. The minimum atomic E-state index is -3.65. The molecule has 0 aliphatic rings. The Morgan fingerprint density at radius 1 is 1.35 bits per heavy atom. The van der Waals surface area contributed by atoms with Crippen molar-refractivity contribution in [2.24, 2.45) is 0 Å². The lowest BCUT2D eigenvalue weighted by Crippen LogP contribution is -2.24. The van der Waals surface area contributed by atoms with E-state index in [2.05, 4.69) is 19.7 Å². The Hall–Kier alpha value is -1.93. The van der Waals surface area contributed by atoms with E-state index in [-0.39, 0.29) is 17.1 Å². The second kappa shape index (κ2) is 4.52. The summed E-state index contributed by atoms with van der Waals surface area (Å²) in [5.74, 6) is 0. The molecule has 0 saturated carbocycles. The average molecular weight is 253 g/mol. The molecule has 4 N–H and O–H groups in total. The molecule has 0 aromatic carbocycles. The zero-order chi connectivity index (χ0) is 12.3. The lowest BCUT2D eigenvalue weighted by atomic mass is 10.4. The van der Waals surface area contributed by atoms with Crippen molar-refractivity contribution in [2.75, 3.05) is 5.73 Å². The molecule has 2 aromatic rings. The summed E-state index contributed by atoms with van der Waals surface area (Å²) in [5, 5.41) is 0. The molecule has 7 nitrogen and oxygen atoms in total. The molecule has 90 valence electrons. The smallest absolute Gasteiger partial charge is 0.244 e. The van der Waals surface area contributed by atoms with E-state index >= 15 is 0 Å². The topological polar surface area (TPSA) is 114 Å². The summed E-state index contributed by atoms with van der Waals surface area (Å²) in [5.41, 5.74) is 6.40. The average Bonchev–Trinajstić information content (AvgIpc) is 2.80. The first-order chi connectivity index (χ1) is 8.09. The Kier molecular flexibility index (Phi) is 3.07. The van der Waals surface area contributed by atoms with Crippen LogP contribution in [0.25, 0.3) is 0 Å². The standard InChI is InChI=1S/C9H11N5O2S/c10-8-1-2-11-5-9(8)17(15,16)14-4-7-3-12-6-13-7/h1-3,5-6,14H,4H2,(H2,10,11)(H,12,13). The van der Waals surface area contributed by atoms with Crippen LogP contribution >= 0.6 is 0 Å². The van der Waals surface area contributed by atoms with Gasteiger partial charge in [-0.05, 0) is 6.07 Å². The number of H-pyrrole nitrogens is 1. The highest BCUT2D eigenvalue weighted by atomic mass is 32.2. The summed E-state index contributed by atoms with van der Waals surface area (Å²) < 4.78 is 26.2. The predicted octanol–water partition coefficient (Wildman–Crippen LogP) is -0.135. The van der Waals surface area contributed by atoms with E-state index in [1.54, 1.807) is 0 Å². The fourth-order valence-corrected chi connectivity index (χ4v) is 2.33. The quantitative estimate of drug-likeness (QED) is 0.702. The Morgan fingerprint density at radius 3 is 2.82 bits per heavy atom. The maximum atomic E-state index is 11.9. The van der Waals surface area contributed by atoms with E-state index in [1.807, 2.05) is 0 Å². The van der Waals surface area contributed by atoms with Crippen molar-refractivity contribution in [1.82, 2.24) is 19.7 Å². The summed E-state index contributed by atoms with van der Waals surface area (Å²) in [6.45, 7) is 0.122. The summed E-state index contributed by atoms with van der Waals surface area (Å²) in [6.07, 6.45) is 5.66. The fourth-order valence-electron chi connectivity index (χ4n) is 1.25. The Bertz CT molecular complexity index is 594. The molecule has 2 rings (SSSR count). The van der Waals surface area contributed by atoms with Gasteiger partial charge in [0, 0.05) is 24.3 Å². The number of sulfonamides is 1. The largest absolute Gasteiger partial charge is 0.398 e. The van der Waals surface area contributed by atoms with E-state index in [9.17, 15) is 8.42 Å². The van der Waals surface area contributed by atoms with Gasteiger partial charge in [-0.25, -0.2) is 18.1 Å². The molecule has 0 spiro atoms. The van der Waals surface area contributed by atoms with Crippen LogP contribution in [-0.2, 0) is 16.6 Å². The number of nitrogens with one attached hydrogen (secondary N) is 2. The van der Waals surface area contributed by atoms with Gasteiger partial charge in [0.15, 0.2) is 0 Å². The molecule has 0 aliphatic heterocycles. The third-order valence-corrected chi connectivity index (χ3v) is 3.56. The number of anilines is 1. The van der Waals surface area contributed by atoms with Gasteiger partial charge in [-0.15, -0.1) is 0 Å². The molecule has 0 bridgehead atoms. The van der Waals surface area contributed by atoms with Crippen molar-refractivity contribution in [3.05, 3.63) is 36.7 Å². The summed E-state index contributed by atoms with van der Waals surface area (Å²) >= 11 is 0. The van der Waals surface area contributed by atoms with Gasteiger partial charge in [0.05, 0.1) is 18.6 Å². The van der Waals surface area contributed by atoms with Crippen LogP contribution < -0.4 is 10.5 Å². The fraction of sp³-hybridized carbons (Fsp3) is 0.111. The monoisotopic (exact) mass is 253 g/mol. The summed E-state index contributed by atoms with van der Waals surface area (Å²) in [7, 11) is -3.65. The van der Waals surface area contributed by atoms with Gasteiger partial charge in [-0.2, -0.15) is 0 Å².